The number of likely N-dealkylation sites (N-methyl/N-ethyl adjacent to an activating group) is 1. The predicted octanol–water partition coefficient (Wildman–Crippen LogP) is 2.36. The number of benzene rings is 1. The van der Waals surface area contributed by atoms with Gasteiger partial charge in [0.25, 0.3) is 0 Å². The number of hydrogen-bond acceptors (Lipinski definition) is 3. The molecule has 1 heterocycles. The Bertz CT molecular complexity index is 680. The Hall–Kier alpha value is -1.95. The van der Waals surface area contributed by atoms with Crippen LogP contribution in [0.1, 0.15) is 31.7 Å². The van der Waals surface area contributed by atoms with Crippen LogP contribution in [-0.4, -0.2) is 53.0 Å². The number of carboxylic acids is 1. The van der Waals surface area contributed by atoms with Crippen molar-refractivity contribution >= 4 is 11.9 Å². The van der Waals surface area contributed by atoms with Crippen LogP contribution >= 0.6 is 0 Å². The van der Waals surface area contributed by atoms with Crippen molar-refractivity contribution in [2.75, 3.05) is 20.1 Å². The molecule has 6 heteroatoms. The van der Waals surface area contributed by atoms with Crippen LogP contribution in [0.5, 0.6) is 0 Å². The fourth-order valence-corrected chi connectivity index (χ4v) is 4.44. The molecule has 0 aromatic heterocycles. The van der Waals surface area contributed by atoms with Gasteiger partial charge in [0.15, 0.2) is 0 Å². The van der Waals surface area contributed by atoms with E-state index >= 15 is 0 Å². The largest absolute Gasteiger partial charge is 0.481 e. The molecule has 1 saturated carbocycles. The molecule has 2 fully saturated rings. The van der Waals surface area contributed by atoms with Gasteiger partial charge in [-0.2, -0.15) is 0 Å². The fraction of sp³-hybridized carbons (Fsp3) is 0.579. The third-order valence-electron chi connectivity index (χ3n) is 5.91. The van der Waals surface area contributed by atoms with E-state index in [9.17, 15) is 19.1 Å². The van der Waals surface area contributed by atoms with Crippen molar-refractivity contribution in [1.29, 1.82) is 0 Å². The average molecular weight is 348 g/mol. The summed E-state index contributed by atoms with van der Waals surface area (Å²) in [6.45, 7) is 3.27. The summed E-state index contributed by atoms with van der Waals surface area (Å²) < 4.78 is 13.3. The molecule has 5 nitrogen and oxygen atoms in total. The van der Waals surface area contributed by atoms with Crippen molar-refractivity contribution in [3.8, 4) is 0 Å². The Morgan fingerprint density at radius 1 is 1.48 bits per heavy atom. The second-order valence-electron chi connectivity index (χ2n) is 7.48. The summed E-state index contributed by atoms with van der Waals surface area (Å²) in [4.78, 5) is 28.1. The number of aliphatic carboxylic acids is 1. The van der Waals surface area contributed by atoms with Crippen molar-refractivity contribution in [3.63, 3.8) is 0 Å². The molecule has 0 bridgehead atoms. The van der Waals surface area contributed by atoms with Gasteiger partial charge in [0.2, 0.25) is 5.91 Å². The highest BCUT2D eigenvalue weighted by Crippen LogP contribution is 2.49. The summed E-state index contributed by atoms with van der Waals surface area (Å²) >= 11 is 0. The van der Waals surface area contributed by atoms with E-state index in [0.717, 1.165) is 18.4 Å². The molecule has 1 aromatic carbocycles. The lowest BCUT2D eigenvalue weighted by Gasteiger charge is -2.29. The highest BCUT2D eigenvalue weighted by Gasteiger charge is 2.55. The van der Waals surface area contributed by atoms with Crippen LogP contribution in [0.25, 0.3) is 0 Å². The highest BCUT2D eigenvalue weighted by molar-refractivity contribution is 5.82. The molecule has 1 amide bonds. The number of carboxylic acid groups (broad SMARTS) is 1. The van der Waals surface area contributed by atoms with Gasteiger partial charge in [-0.05, 0) is 43.4 Å². The molecule has 1 unspecified atom stereocenters. The molecule has 1 saturated heterocycles. The topological polar surface area (TPSA) is 60.9 Å². The first-order chi connectivity index (χ1) is 11.8. The SMILES string of the molecule is CC(C(=O)N(C)Cc1cccc(F)c1)N1C[C@@H]2CCC[C@@]2(C(=O)O)C1. The number of hydrogen-bond donors (Lipinski definition) is 1. The molecule has 3 atom stereocenters. The van der Waals surface area contributed by atoms with Gasteiger partial charge < -0.3 is 10.0 Å². The van der Waals surface area contributed by atoms with Gasteiger partial charge >= 0.3 is 5.97 Å². The smallest absolute Gasteiger partial charge is 0.311 e. The lowest BCUT2D eigenvalue weighted by molar-refractivity contribution is -0.150. The van der Waals surface area contributed by atoms with Crippen molar-refractivity contribution in [1.82, 2.24) is 9.80 Å². The quantitative estimate of drug-likeness (QED) is 0.887. The van der Waals surface area contributed by atoms with E-state index in [2.05, 4.69) is 0 Å². The molecule has 25 heavy (non-hydrogen) atoms. The molecular formula is C19H25FN2O3. The minimum atomic E-state index is -0.731. The standard InChI is InChI=1S/C19H25FN2O3/c1-13(17(23)21(2)10-14-5-3-7-16(20)9-14)22-11-15-6-4-8-19(15,12-22)18(24)25/h3,5,7,9,13,15H,4,6,8,10-12H2,1-2H3,(H,24,25)/t13?,15-,19+/m0/s1. The second-order valence-corrected chi connectivity index (χ2v) is 7.48. The van der Waals surface area contributed by atoms with Crippen molar-refractivity contribution in [3.05, 3.63) is 35.6 Å². The number of halogens is 1. The molecule has 1 N–H and O–H groups in total. The van der Waals surface area contributed by atoms with Gasteiger partial charge in [-0.15, -0.1) is 0 Å². The van der Waals surface area contributed by atoms with Gasteiger partial charge in [-0.3, -0.25) is 14.5 Å². The predicted molar refractivity (Wildman–Crippen MR) is 91.3 cm³/mol. The molecular weight excluding hydrogens is 323 g/mol. The number of likely N-dealkylation sites (tertiary alicyclic amines) is 1. The molecule has 1 aromatic rings. The first-order valence-electron chi connectivity index (χ1n) is 8.80. The highest BCUT2D eigenvalue weighted by atomic mass is 19.1. The van der Waals surface area contributed by atoms with Gasteiger partial charge in [-0.25, -0.2) is 4.39 Å². The molecule has 2 aliphatic rings. The van der Waals surface area contributed by atoms with E-state index in [-0.39, 0.29) is 23.7 Å². The van der Waals surface area contributed by atoms with E-state index in [1.54, 1.807) is 24.1 Å². The van der Waals surface area contributed by atoms with E-state index in [4.69, 9.17) is 0 Å². The number of carbonyl (C=O) groups excluding carboxylic acids is 1. The number of amides is 1. The third-order valence-corrected chi connectivity index (χ3v) is 5.91. The molecule has 3 rings (SSSR count). The van der Waals surface area contributed by atoms with Gasteiger partial charge in [0.1, 0.15) is 5.82 Å². The zero-order chi connectivity index (χ0) is 18.2. The Labute approximate surface area is 147 Å². The molecule has 0 spiro atoms. The Morgan fingerprint density at radius 3 is 2.88 bits per heavy atom. The first kappa shape index (κ1) is 17.9. The Kier molecular flexibility index (Phi) is 4.82. The summed E-state index contributed by atoms with van der Waals surface area (Å²) in [5.41, 5.74) is 0.0544. The lowest BCUT2D eigenvalue weighted by atomic mass is 9.81. The number of rotatable bonds is 5. The minimum Gasteiger partial charge on any atom is -0.481 e. The van der Waals surface area contributed by atoms with Crippen LogP contribution in [0.15, 0.2) is 24.3 Å². The van der Waals surface area contributed by atoms with E-state index < -0.39 is 11.4 Å². The maximum atomic E-state index is 13.3. The van der Waals surface area contributed by atoms with Crippen molar-refractivity contribution in [2.45, 2.75) is 38.8 Å². The zero-order valence-corrected chi connectivity index (χ0v) is 14.7. The summed E-state index contributed by atoms with van der Waals surface area (Å²) in [5, 5.41) is 9.68. The van der Waals surface area contributed by atoms with Gasteiger partial charge in [0, 0.05) is 26.7 Å². The van der Waals surface area contributed by atoms with E-state index in [1.165, 1.54) is 12.1 Å². The van der Waals surface area contributed by atoms with Crippen molar-refractivity contribution < 1.29 is 19.1 Å². The monoisotopic (exact) mass is 348 g/mol. The van der Waals surface area contributed by atoms with Crippen molar-refractivity contribution in [2.24, 2.45) is 11.3 Å². The molecule has 1 aliphatic carbocycles. The van der Waals surface area contributed by atoms with Crippen LogP contribution in [0.2, 0.25) is 0 Å². The maximum absolute atomic E-state index is 13.3. The number of carbonyl (C=O) groups is 2. The summed E-state index contributed by atoms with van der Waals surface area (Å²) in [6, 6.07) is 5.85. The summed E-state index contributed by atoms with van der Waals surface area (Å²) in [6.07, 6.45) is 2.57. The van der Waals surface area contributed by atoms with E-state index in [0.29, 0.717) is 26.1 Å². The Morgan fingerprint density at radius 2 is 2.24 bits per heavy atom. The van der Waals surface area contributed by atoms with Gasteiger partial charge in [0.05, 0.1) is 11.5 Å². The molecule has 136 valence electrons. The van der Waals surface area contributed by atoms with Gasteiger partial charge in [-0.1, -0.05) is 18.6 Å². The minimum absolute atomic E-state index is 0.0650. The normalized spacial score (nSPS) is 27.1. The molecule has 1 aliphatic heterocycles. The maximum Gasteiger partial charge on any atom is 0.311 e. The van der Waals surface area contributed by atoms with Crippen LogP contribution < -0.4 is 0 Å². The third kappa shape index (κ3) is 3.27. The van der Waals surface area contributed by atoms with Crippen LogP contribution in [-0.2, 0) is 16.1 Å². The fourth-order valence-electron chi connectivity index (χ4n) is 4.44. The van der Waals surface area contributed by atoms with Crippen LogP contribution in [0, 0.1) is 17.2 Å². The lowest BCUT2D eigenvalue weighted by Crippen LogP contribution is -2.46. The summed E-state index contributed by atoms with van der Waals surface area (Å²) in [7, 11) is 1.70. The summed E-state index contributed by atoms with van der Waals surface area (Å²) in [5.74, 6) is -0.981. The zero-order valence-electron chi connectivity index (χ0n) is 14.7. The Balaban J connectivity index is 1.65. The number of fused-ring (bicyclic) bond motifs is 1. The number of nitrogens with zero attached hydrogens (tertiary/aromatic N) is 2. The second kappa shape index (κ2) is 6.75. The average Bonchev–Trinajstić information content (AvgIpc) is 3.11. The molecule has 0 radical (unpaired) electrons. The van der Waals surface area contributed by atoms with E-state index in [1.807, 2.05) is 11.8 Å². The van der Waals surface area contributed by atoms with Crippen LogP contribution in [0.3, 0.4) is 0 Å². The van der Waals surface area contributed by atoms with Crippen LogP contribution in [0.4, 0.5) is 4.39 Å². The first-order valence-corrected chi connectivity index (χ1v) is 8.80.